The number of benzene rings is 2. The van der Waals surface area contributed by atoms with E-state index in [1.165, 1.54) is 40.5 Å². The molecule has 0 radical (unpaired) electrons. The Morgan fingerprint density at radius 1 is 0.964 bits per heavy atom. The zero-order valence-electron chi connectivity index (χ0n) is 30.8. The summed E-state index contributed by atoms with van der Waals surface area (Å²) in [6.07, 6.45) is 9.96. The predicted molar refractivity (Wildman–Crippen MR) is 198 cm³/mol. The van der Waals surface area contributed by atoms with Crippen LogP contribution < -0.4 is 16.8 Å². The van der Waals surface area contributed by atoms with Crippen LogP contribution in [0.5, 0.6) is 0 Å². The second kappa shape index (κ2) is 17.6. The third-order valence-corrected chi connectivity index (χ3v) is 11.6. The van der Waals surface area contributed by atoms with E-state index in [0.717, 1.165) is 25.7 Å². The maximum absolute atomic E-state index is 14.9. The summed E-state index contributed by atoms with van der Waals surface area (Å²) in [7, 11) is 0. The van der Waals surface area contributed by atoms with Crippen molar-refractivity contribution in [3.8, 4) is 0 Å². The summed E-state index contributed by atoms with van der Waals surface area (Å²) >= 11 is 0. The van der Waals surface area contributed by atoms with Gasteiger partial charge in [0.2, 0.25) is 17.7 Å². The van der Waals surface area contributed by atoms with Crippen molar-refractivity contribution in [1.29, 1.82) is 5.41 Å². The van der Waals surface area contributed by atoms with Gasteiger partial charge in [0.15, 0.2) is 0 Å². The summed E-state index contributed by atoms with van der Waals surface area (Å²) in [4.78, 5) is 68.0. The Kier molecular flexibility index (Phi) is 13.5. The Morgan fingerprint density at radius 2 is 1.60 bits per heavy atom. The molecule has 1 unspecified atom stereocenters. The molecule has 8 N–H and O–H groups in total. The monoisotopic (exact) mass is 1010 g/mol. The molecule has 3 saturated heterocycles. The number of carbonyl (C=O) groups is 4. The van der Waals surface area contributed by atoms with E-state index < -0.39 is 34.8 Å². The quantitative estimate of drug-likeness (QED) is 0.131. The van der Waals surface area contributed by atoms with E-state index in [0.29, 0.717) is 43.4 Å². The van der Waals surface area contributed by atoms with Crippen LogP contribution >= 0.6 is 0 Å². The van der Waals surface area contributed by atoms with Crippen LogP contribution in [0.15, 0.2) is 42.5 Å². The molecule has 2 saturated carbocycles. The number of nitrogens with zero attached hydrogens (tertiary/aromatic N) is 3. The molecule has 3 aliphatic heterocycles. The minimum atomic E-state index is -0.701. The van der Waals surface area contributed by atoms with Crippen LogP contribution in [0.2, 0.25) is 0 Å². The molecule has 14 nitrogen and oxygen atoms in total. The zero-order chi connectivity index (χ0) is 37.8. The third-order valence-electron chi connectivity index (χ3n) is 11.6. The van der Waals surface area contributed by atoms with E-state index in [1.807, 2.05) is 6.41 Å². The van der Waals surface area contributed by atoms with Gasteiger partial charge in [-0.25, -0.2) is 4.39 Å². The first-order valence-electron chi connectivity index (χ1n) is 18.6. The number of hydrogen-bond donors (Lipinski definition) is 4. The molecule has 55 heavy (non-hydrogen) atoms. The number of fused-ring (bicyclic) bond motifs is 3. The van der Waals surface area contributed by atoms with Crippen molar-refractivity contribution >= 4 is 35.8 Å². The van der Waals surface area contributed by atoms with Crippen LogP contribution in [0.4, 0.5) is 4.39 Å². The van der Waals surface area contributed by atoms with Crippen LogP contribution in [0.3, 0.4) is 0 Å². The molecule has 2 aromatic rings. The average molecular weight is 1010 g/mol. The first-order valence-corrected chi connectivity index (χ1v) is 18.6. The van der Waals surface area contributed by atoms with Gasteiger partial charge >= 0.3 is 0 Å². The number of piperazine rings is 1. The summed E-state index contributed by atoms with van der Waals surface area (Å²) < 4.78 is 21.2. The molecule has 3 heterocycles. The molecule has 2 aliphatic carbocycles. The van der Waals surface area contributed by atoms with Crippen LogP contribution in [-0.2, 0) is 25.5 Å². The van der Waals surface area contributed by atoms with Gasteiger partial charge in [-0.2, -0.15) is 6.41 Å². The van der Waals surface area contributed by atoms with E-state index in [-0.39, 0.29) is 85.7 Å². The van der Waals surface area contributed by atoms with Gasteiger partial charge in [-0.15, -0.1) is 0 Å². The Labute approximate surface area is 314 Å². The van der Waals surface area contributed by atoms with Crippen molar-refractivity contribution < 1.29 is 38.6 Å². The molecule has 1 atom stereocenters. The summed E-state index contributed by atoms with van der Waals surface area (Å²) in [6, 6.07) is 10.1. The minimum absolute atomic E-state index is 0. The van der Waals surface area contributed by atoms with Gasteiger partial charge in [-0.3, -0.25) is 19.2 Å². The summed E-state index contributed by atoms with van der Waals surface area (Å²) in [5.41, 5.74) is 11.8. The van der Waals surface area contributed by atoms with Crippen molar-refractivity contribution in [3.63, 3.8) is 0 Å². The molecular weight excluding hydrogens is 954 g/mol. The standard InChI is InChI=1S/C39H49FN7O6.Fm.H2O/c40-31-11-10-26(21-32(41)28-8-4-5-9-29(28)35(43)50)20-30(31)37(52)47-18-16-46(17-19-47)33(49)22-45(25-48)23-39-14-12-38(13-15-39,24-53-39)44-36(51)34(42)27-6-2-1-3-7-27;;/h4-5,8-11,20,27,34,41H,1-3,6-7,12-19,21-24,42H2,(H2,43,50)(H,44,51);;1H2/q-1;;. The van der Waals surface area contributed by atoms with E-state index in [1.54, 1.807) is 23.1 Å². The molecule has 16 heteroatoms. The fourth-order valence-electron chi connectivity index (χ4n) is 8.35. The topological polar surface area (TPSA) is 224 Å². The maximum Gasteiger partial charge on any atom is 0.256 e. The maximum atomic E-state index is 14.9. The minimum Gasteiger partial charge on any atom is -0.520 e. The number of hydrogen-bond acceptors (Lipinski definition) is 8. The molecule has 5 aliphatic rings. The Hall–Kier alpha value is -5.73. The fourth-order valence-corrected chi connectivity index (χ4v) is 8.35. The molecule has 2 aromatic carbocycles. The number of ether oxygens (including phenoxy) is 1. The first kappa shape index (κ1) is 42.0. The van der Waals surface area contributed by atoms with Gasteiger partial charge in [0.05, 0.1) is 35.9 Å². The largest absolute Gasteiger partial charge is 0.520 e. The van der Waals surface area contributed by atoms with Crippen LogP contribution in [0, 0.1) is 17.1 Å². The fraction of sp³-hybridized carbons (Fsp3) is 0.538. The smallest absolute Gasteiger partial charge is 0.256 e. The molecular formula is C39H51FFmN7O7-. The summed E-state index contributed by atoms with van der Waals surface area (Å²) in [5, 5.41) is 11.7. The molecule has 7 rings (SSSR count). The van der Waals surface area contributed by atoms with Crippen molar-refractivity contribution in [3.05, 3.63) is 70.5 Å². The Bertz CT molecular complexity index is 1720. The van der Waals surface area contributed by atoms with Gasteiger partial charge in [0, 0.05) is 56.0 Å². The second-order valence-electron chi connectivity index (χ2n) is 15.2. The van der Waals surface area contributed by atoms with Crippen LogP contribution in [0.1, 0.15) is 89.6 Å². The predicted octanol–water partition coefficient (Wildman–Crippen LogP) is 1.47. The SMILES string of the molecule is N=C(Cc1ccc(F)c(C(=O)N2CCN(C(=O)CN([C-]=O)CC34CCC(NC(=O)C(N)C5CCCCC5)(CC3)CO4)CC2)c1)c1ccccc1C(N)=O.O.[Fm]. The second-order valence-corrected chi connectivity index (χ2v) is 15.2. The normalized spacial score (nSPS) is 22.7. The summed E-state index contributed by atoms with van der Waals surface area (Å²) in [5.74, 6) is -2.09. The molecule has 2 bridgehead atoms. The van der Waals surface area contributed by atoms with E-state index in [9.17, 15) is 28.4 Å². The van der Waals surface area contributed by atoms with Crippen molar-refractivity contribution in [2.24, 2.45) is 17.4 Å². The van der Waals surface area contributed by atoms with Crippen molar-refractivity contribution in [2.45, 2.75) is 81.4 Å². The molecule has 0 aromatic heterocycles. The number of nitrogens with one attached hydrogen (secondary N) is 2. The zero-order valence-corrected chi connectivity index (χ0v) is 33.2. The number of primary amides is 1. The first-order chi connectivity index (χ1) is 25.4. The molecule has 0 spiro atoms. The van der Waals surface area contributed by atoms with E-state index >= 15 is 0 Å². The Morgan fingerprint density at radius 3 is 2.20 bits per heavy atom. The average Bonchev–Trinajstić information content (AvgIpc) is 3.18. The Balaban J connectivity index is 0.00000336. The van der Waals surface area contributed by atoms with Crippen molar-refractivity contribution in [2.75, 3.05) is 45.9 Å². The number of halogens is 1. The number of nitrogens with two attached hydrogens (primary N) is 2. The number of carbonyl (C=O) groups excluding carboxylic acids is 5. The van der Waals surface area contributed by atoms with Gasteiger partial charge in [-0.05, 0) is 68.2 Å². The third kappa shape index (κ3) is 9.33. The van der Waals surface area contributed by atoms with Gasteiger partial charge in [-0.1, -0.05) is 43.5 Å². The van der Waals surface area contributed by atoms with Crippen molar-refractivity contribution in [1.82, 2.24) is 20.0 Å². The number of rotatable bonds is 13. The van der Waals surface area contributed by atoms with E-state index in [4.69, 9.17) is 21.6 Å². The van der Waals surface area contributed by atoms with Gasteiger partial charge in [0.25, 0.3) is 5.91 Å². The number of amides is 5. The molecule has 5 amide bonds. The van der Waals surface area contributed by atoms with Crippen LogP contribution in [-0.4, -0.2) is 119 Å². The van der Waals surface area contributed by atoms with Gasteiger partial charge < -0.3 is 51.9 Å². The van der Waals surface area contributed by atoms with E-state index in [2.05, 4.69) is 5.32 Å². The summed E-state index contributed by atoms with van der Waals surface area (Å²) in [6.45, 7) is 1.09. The van der Waals surface area contributed by atoms with Gasteiger partial charge in [0.1, 0.15) is 5.82 Å². The molecule has 5 fully saturated rings. The molecule has 304 valence electrons. The van der Waals surface area contributed by atoms with Crippen LogP contribution in [0.25, 0.3) is 0 Å².